The summed E-state index contributed by atoms with van der Waals surface area (Å²) in [6.07, 6.45) is 4.81. The number of rotatable bonds is 5. The number of piperidine rings is 1. The molecule has 0 aliphatic carbocycles. The summed E-state index contributed by atoms with van der Waals surface area (Å²) >= 11 is 0. The molecule has 5 rings (SSSR count). The molecule has 2 fully saturated rings. The van der Waals surface area contributed by atoms with Crippen LogP contribution in [0.2, 0.25) is 0 Å². The lowest BCUT2D eigenvalue weighted by Crippen LogP contribution is -2.58. The molecule has 0 bridgehead atoms. The minimum atomic E-state index is 0.110. The minimum absolute atomic E-state index is 0.110. The Morgan fingerprint density at radius 1 is 1.12 bits per heavy atom. The molecule has 4 heterocycles. The Kier molecular flexibility index (Phi) is 8.33. The van der Waals surface area contributed by atoms with Crippen molar-refractivity contribution in [1.82, 2.24) is 20.1 Å². The van der Waals surface area contributed by atoms with Gasteiger partial charge in [0.2, 0.25) is 0 Å². The molecule has 0 spiro atoms. The number of para-hydroxylation sites is 1. The zero-order valence-corrected chi connectivity index (χ0v) is 23.2. The molecule has 3 atom stereocenters. The highest BCUT2D eigenvalue weighted by atomic mass is 16.3. The van der Waals surface area contributed by atoms with Gasteiger partial charge in [-0.05, 0) is 69.0 Å². The third-order valence-corrected chi connectivity index (χ3v) is 7.83. The van der Waals surface area contributed by atoms with E-state index in [1.807, 2.05) is 24.4 Å². The van der Waals surface area contributed by atoms with Gasteiger partial charge in [0, 0.05) is 49.2 Å². The van der Waals surface area contributed by atoms with Gasteiger partial charge in [0.25, 0.3) is 0 Å². The van der Waals surface area contributed by atoms with Crippen molar-refractivity contribution in [2.45, 2.75) is 45.2 Å². The number of phenolic OH excluding ortho intramolecular Hbond substituents is 1. The lowest BCUT2D eigenvalue weighted by atomic mass is 10.00. The van der Waals surface area contributed by atoms with Gasteiger partial charge in [-0.25, -0.2) is 4.98 Å². The highest BCUT2D eigenvalue weighted by Gasteiger charge is 2.33. The Bertz CT molecular complexity index is 1440. The van der Waals surface area contributed by atoms with Crippen molar-refractivity contribution >= 4 is 17.2 Å². The molecule has 3 unspecified atom stereocenters. The van der Waals surface area contributed by atoms with Crippen molar-refractivity contribution in [2.75, 3.05) is 48.3 Å². The van der Waals surface area contributed by atoms with Gasteiger partial charge >= 0.3 is 0 Å². The van der Waals surface area contributed by atoms with Gasteiger partial charge in [0.1, 0.15) is 11.4 Å². The van der Waals surface area contributed by atoms with E-state index in [-0.39, 0.29) is 23.8 Å². The highest BCUT2D eigenvalue weighted by molar-refractivity contribution is 5.74. The van der Waals surface area contributed by atoms with E-state index in [2.05, 4.69) is 73.8 Å². The van der Waals surface area contributed by atoms with Gasteiger partial charge in [-0.15, -0.1) is 10.2 Å². The van der Waals surface area contributed by atoms with E-state index in [1.54, 1.807) is 12.1 Å². The van der Waals surface area contributed by atoms with Crippen molar-refractivity contribution in [3.63, 3.8) is 0 Å². The Labute approximate surface area is 236 Å². The predicted octanol–water partition coefficient (Wildman–Crippen LogP) is 3.91. The van der Waals surface area contributed by atoms with Gasteiger partial charge < -0.3 is 20.6 Å². The summed E-state index contributed by atoms with van der Waals surface area (Å²) in [6, 6.07) is 16.0. The average molecular weight is 537 g/mol. The van der Waals surface area contributed by atoms with Crippen LogP contribution in [0, 0.1) is 29.1 Å². The molecule has 0 radical (unpaired) electrons. The number of hydrogen-bond acceptors (Lipinski definition) is 9. The lowest BCUT2D eigenvalue weighted by molar-refractivity contribution is 0.222. The molecular formula is C31H36N8O. The summed E-state index contributed by atoms with van der Waals surface area (Å²) in [5.74, 6) is 7.17. The van der Waals surface area contributed by atoms with Crippen LogP contribution in [0.25, 0.3) is 11.3 Å². The number of anilines is 3. The first-order valence-electron chi connectivity index (χ1n) is 14.0. The summed E-state index contributed by atoms with van der Waals surface area (Å²) < 4.78 is 0. The summed E-state index contributed by atoms with van der Waals surface area (Å²) in [5.41, 5.74) is 10.2. The number of nitrogens with zero attached hydrogens (tertiary/aromatic N) is 7. The van der Waals surface area contributed by atoms with Crippen molar-refractivity contribution in [3.05, 3.63) is 54.4 Å². The number of piperazine rings is 1. The van der Waals surface area contributed by atoms with Gasteiger partial charge in [0.05, 0.1) is 29.9 Å². The minimum Gasteiger partial charge on any atom is -0.507 e. The second kappa shape index (κ2) is 12.2. The molecular weight excluding hydrogens is 500 g/mol. The Hall–Kier alpha value is -4.34. The predicted molar refractivity (Wildman–Crippen MR) is 158 cm³/mol. The molecule has 0 saturated carbocycles. The van der Waals surface area contributed by atoms with E-state index in [0.29, 0.717) is 23.6 Å². The fraction of sp³-hybridized carbons (Fsp3) is 0.419. The first-order chi connectivity index (χ1) is 19.5. The fourth-order valence-electron chi connectivity index (χ4n) is 5.83. The topological polar surface area (TPSA) is 118 Å². The number of likely N-dealkylation sites (tertiary alicyclic amines) is 1. The van der Waals surface area contributed by atoms with E-state index < -0.39 is 0 Å². The molecule has 1 aromatic carbocycles. The SMILES string of the molecule is CCC1CN(c2cc(-c3ccccc3O)nnc2N)CC(C)N1c1ccnc(C#CCN2CCCC(C#N)C2)c1. The number of aromatic hydroxyl groups is 1. The summed E-state index contributed by atoms with van der Waals surface area (Å²) in [7, 11) is 0. The van der Waals surface area contributed by atoms with Crippen LogP contribution in [0.15, 0.2) is 48.7 Å². The van der Waals surface area contributed by atoms with Gasteiger partial charge in [0.15, 0.2) is 5.82 Å². The number of pyridine rings is 1. The van der Waals surface area contributed by atoms with Gasteiger partial charge in [-0.1, -0.05) is 25.0 Å². The van der Waals surface area contributed by atoms with Crippen LogP contribution >= 0.6 is 0 Å². The first kappa shape index (κ1) is 27.2. The van der Waals surface area contributed by atoms with Gasteiger partial charge in [-0.2, -0.15) is 5.26 Å². The van der Waals surface area contributed by atoms with Crippen LogP contribution < -0.4 is 15.5 Å². The van der Waals surface area contributed by atoms with Crippen LogP contribution in [0.4, 0.5) is 17.2 Å². The molecule has 9 nitrogen and oxygen atoms in total. The Morgan fingerprint density at radius 2 is 1.98 bits per heavy atom. The summed E-state index contributed by atoms with van der Waals surface area (Å²) in [5, 5.41) is 28.0. The summed E-state index contributed by atoms with van der Waals surface area (Å²) in [4.78, 5) is 11.5. The number of hydrogen-bond donors (Lipinski definition) is 2. The Balaban J connectivity index is 1.32. The standard InChI is InChI=1S/C31H36N8O/c1-3-25-21-38(29-17-28(35-36-31(29)33)27-10-4-5-11-30(27)40)19-22(2)39(25)26-12-13-34-24(16-26)9-7-15-37-14-6-8-23(18-32)20-37/h4-5,10-13,16-17,22-23,25,40H,3,6,8,14-15,19-21H2,1-2H3,(H2,33,36). The molecule has 206 valence electrons. The Morgan fingerprint density at radius 3 is 2.77 bits per heavy atom. The monoisotopic (exact) mass is 536 g/mol. The molecule has 2 saturated heterocycles. The molecule has 3 N–H and O–H groups in total. The van der Waals surface area contributed by atoms with Crippen LogP contribution in [-0.2, 0) is 0 Å². The van der Waals surface area contributed by atoms with Crippen molar-refractivity contribution in [1.29, 1.82) is 5.26 Å². The fourth-order valence-corrected chi connectivity index (χ4v) is 5.83. The number of nitrogen functional groups attached to an aromatic ring is 1. The number of benzene rings is 1. The molecule has 0 amide bonds. The number of phenols is 1. The van der Waals surface area contributed by atoms with E-state index in [4.69, 9.17) is 5.73 Å². The molecule has 2 aliphatic heterocycles. The summed E-state index contributed by atoms with van der Waals surface area (Å²) in [6.45, 7) is 8.39. The second-order valence-electron chi connectivity index (χ2n) is 10.6. The van der Waals surface area contributed by atoms with E-state index in [9.17, 15) is 10.4 Å². The van der Waals surface area contributed by atoms with Crippen molar-refractivity contribution in [3.8, 4) is 34.9 Å². The molecule has 2 aromatic heterocycles. The van der Waals surface area contributed by atoms with E-state index >= 15 is 0 Å². The number of nitrogens with two attached hydrogens (primary N) is 1. The third-order valence-electron chi connectivity index (χ3n) is 7.83. The third kappa shape index (κ3) is 5.95. The zero-order chi connectivity index (χ0) is 28.1. The molecule has 2 aliphatic rings. The van der Waals surface area contributed by atoms with Crippen LogP contribution in [0.3, 0.4) is 0 Å². The first-order valence-corrected chi connectivity index (χ1v) is 14.0. The second-order valence-corrected chi connectivity index (χ2v) is 10.6. The lowest BCUT2D eigenvalue weighted by Gasteiger charge is -2.48. The quantitative estimate of drug-likeness (QED) is 0.468. The number of nitriles is 1. The van der Waals surface area contributed by atoms with Crippen molar-refractivity contribution in [2.24, 2.45) is 5.92 Å². The number of aromatic nitrogens is 3. The maximum absolute atomic E-state index is 10.3. The van der Waals surface area contributed by atoms with E-state index in [1.165, 1.54) is 0 Å². The smallest absolute Gasteiger partial charge is 0.169 e. The molecule has 9 heteroatoms. The molecule has 40 heavy (non-hydrogen) atoms. The van der Waals surface area contributed by atoms with Crippen molar-refractivity contribution < 1.29 is 5.11 Å². The van der Waals surface area contributed by atoms with Crippen LogP contribution in [0.1, 0.15) is 38.8 Å². The normalized spacial score (nSPS) is 21.4. The zero-order valence-electron chi connectivity index (χ0n) is 23.2. The molecule has 3 aromatic rings. The largest absolute Gasteiger partial charge is 0.507 e. The van der Waals surface area contributed by atoms with Gasteiger partial charge in [-0.3, -0.25) is 4.90 Å². The average Bonchev–Trinajstić information content (AvgIpc) is 2.97. The maximum Gasteiger partial charge on any atom is 0.169 e. The maximum atomic E-state index is 10.3. The van der Waals surface area contributed by atoms with E-state index in [0.717, 1.165) is 62.5 Å². The van der Waals surface area contributed by atoms with Crippen LogP contribution in [0.5, 0.6) is 5.75 Å². The van der Waals surface area contributed by atoms with Crippen LogP contribution in [-0.4, -0.2) is 70.0 Å². The highest BCUT2D eigenvalue weighted by Crippen LogP contribution is 2.34.